The molecule has 6 rings (SSSR count). The molecule has 2 aromatic heterocycles. The smallest absolute Gasteiger partial charge is 0.324 e. The molecule has 4 aromatic rings. The van der Waals surface area contributed by atoms with Gasteiger partial charge in [0, 0.05) is 51.0 Å². The number of nitrogens with zero attached hydrogens (tertiary/aromatic N) is 6. The zero-order valence-electron chi connectivity index (χ0n) is 21.4. The SMILES string of the molecule is CN1CCN(Cc2ccc(Nc3nc(N4N=CCC4c4ccccc4)c4sccc4n3)cc2C(F)(F)F)CC1. The molecule has 4 heterocycles. The molecule has 7 nitrogen and oxygen atoms in total. The number of nitrogens with one attached hydrogen (secondary N) is 1. The summed E-state index contributed by atoms with van der Waals surface area (Å²) in [6, 6.07) is 16.3. The number of hydrazone groups is 1. The van der Waals surface area contributed by atoms with Gasteiger partial charge in [-0.3, -0.25) is 4.90 Å². The molecular formula is C28H28F3N7S. The first-order valence-corrected chi connectivity index (χ1v) is 13.7. The van der Waals surface area contributed by atoms with Crippen LogP contribution in [0.25, 0.3) is 10.2 Å². The van der Waals surface area contributed by atoms with E-state index in [-0.39, 0.29) is 29.8 Å². The van der Waals surface area contributed by atoms with Crippen LogP contribution in [0.1, 0.15) is 29.2 Å². The molecule has 2 aromatic carbocycles. The van der Waals surface area contributed by atoms with Gasteiger partial charge in [0.1, 0.15) is 0 Å². The Bertz CT molecular complexity index is 1480. The number of hydrogen-bond acceptors (Lipinski definition) is 8. The van der Waals surface area contributed by atoms with Gasteiger partial charge in [-0.05, 0) is 41.8 Å². The second-order valence-electron chi connectivity index (χ2n) is 9.88. The second kappa shape index (κ2) is 10.6. The van der Waals surface area contributed by atoms with Gasteiger partial charge in [0.25, 0.3) is 0 Å². The molecule has 0 spiro atoms. The largest absolute Gasteiger partial charge is 0.416 e. The van der Waals surface area contributed by atoms with E-state index >= 15 is 0 Å². The Morgan fingerprint density at radius 2 is 1.79 bits per heavy atom. The number of alkyl halides is 3. The van der Waals surface area contributed by atoms with E-state index in [0.29, 0.717) is 11.3 Å². The summed E-state index contributed by atoms with van der Waals surface area (Å²) in [6.45, 7) is 3.44. The van der Waals surface area contributed by atoms with Crippen LogP contribution < -0.4 is 10.3 Å². The van der Waals surface area contributed by atoms with Crippen molar-refractivity contribution in [3.8, 4) is 0 Å². The molecule has 0 radical (unpaired) electrons. The number of rotatable bonds is 6. The quantitative estimate of drug-likeness (QED) is 0.311. The zero-order chi connectivity index (χ0) is 27.0. The summed E-state index contributed by atoms with van der Waals surface area (Å²) >= 11 is 1.51. The molecule has 0 bridgehead atoms. The molecule has 0 aliphatic carbocycles. The van der Waals surface area contributed by atoms with Crippen LogP contribution in [0.3, 0.4) is 0 Å². The van der Waals surface area contributed by atoms with Crippen LogP contribution in [-0.2, 0) is 12.7 Å². The summed E-state index contributed by atoms with van der Waals surface area (Å²) in [7, 11) is 2.03. The summed E-state index contributed by atoms with van der Waals surface area (Å²) in [6.07, 6.45) is -1.88. The Hall–Kier alpha value is -3.54. The molecule has 1 N–H and O–H groups in total. The van der Waals surface area contributed by atoms with Gasteiger partial charge in [-0.2, -0.15) is 23.3 Å². The Labute approximate surface area is 228 Å². The summed E-state index contributed by atoms with van der Waals surface area (Å²) in [5.41, 5.74) is 1.73. The number of hydrogen-bond donors (Lipinski definition) is 1. The zero-order valence-corrected chi connectivity index (χ0v) is 22.2. The van der Waals surface area contributed by atoms with E-state index in [1.807, 2.05) is 47.9 Å². The van der Waals surface area contributed by atoms with Crippen LogP contribution in [0, 0.1) is 0 Å². The average molecular weight is 552 g/mol. The maximum absolute atomic E-state index is 14.1. The maximum Gasteiger partial charge on any atom is 0.416 e. The summed E-state index contributed by atoms with van der Waals surface area (Å²) < 4.78 is 43.2. The lowest BCUT2D eigenvalue weighted by Gasteiger charge is -2.33. The molecular weight excluding hydrogens is 523 g/mol. The van der Waals surface area contributed by atoms with Crippen LogP contribution in [0.5, 0.6) is 0 Å². The Morgan fingerprint density at radius 3 is 2.56 bits per heavy atom. The van der Waals surface area contributed by atoms with Gasteiger partial charge in [-0.15, -0.1) is 11.3 Å². The van der Waals surface area contributed by atoms with Gasteiger partial charge in [-0.1, -0.05) is 36.4 Å². The van der Waals surface area contributed by atoms with Gasteiger partial charge < -0.3 is 10.2 Å². The highest BCUT2D eigenvalue weighted by Crippen LogP contribution is 2.39. The second-order valence-corrected chi connectivity index (χ2v) is 10.8. The summed E-state index contributed by atoms with van der Waals surface area (Å²) in [5.74, 6) is 0.854. The molecule has 2 aliphatic rings. The predicted octanol–water partition coefficient (Wildman–Crippen LogP) is 6.14. The molecule has 0 saturated carbocycles. The monoisotopic (exact) mass is 551 g/mol. The van der Waals surface area contributed by atoms with E-state index in [4.69, 9.17) is 4.98 Å². The van der Waals surface area contributed by atoms with Crippen molar-refractivity contribution < 1.29 is 13.2 Å². The molecule has 0 amide bonds. The first-order valence-electron chi connectivity index (χ1n) is 12.8. The summed E-state index contributed by atoms with van der Waals surface area (Å²) in [4.78, 5) is 13.6. The first-order chi connectivity index (χ1) is 18.8. The van der Waals surface area contributed by atoms with Gasteiger partial charge in [0.15, 0.2) is 5.82 Å². The van der Waals surface area contributed by atoms with E-state index in [1.165, 1.54) is 11.3 Å². The van der Waals surface area contributed by atoms with E-state index < -0.39 is 11.7 Å². The number of benzene rings is 2. The number of fused-ring (bicyclic) bond motifs is 1. The molecule has 11 heteroatoms. The van der Waals surface area contributed by atoms with Crippen molar-refractivity contribution in [1.29, 1.82) is 0 Å². The van der Waals surface area contributed by atoms with Crippen molar-refractivity contribution >= 4 is 45.2 Å². The minimum atomic E-state index is -4.48. The van der Waals surface area contributed by atoms with Crippen LogP contribution >= 0.6 is 11.3 Å². The minimum Gasteiger partial charge on any atom is -0.324 e. The van der Waals surface area contributed by atoms with Crippen molar-refractivity contribution in [2.75, 3.05) is 43.6 Å². The first kappa shape index (κ1) is 25.7. The number of piperazine rings is 1. The third kappa shape index (κ3) is 5.47. The van der Waals surface area contributed by atoms with E-state index in [2.05, 4.69) is 37.3 Å². The lowest BCUT2D eigenvalue weighted by atomic mass is 10.0. The fourth-order valence-corrected chi connectivity index (χ4v) is 5.87. The summed E-state index contributed by atoms with van der Waals surface area (Å²) in [5, 5.41) is 11.4. The third-order valence-corrected chi connectivity index (χ3v) is 8.08. The van der Waals surface area contributed by atoms with Crippen molar-refractivity contribution in [2.24, 2.45) is 5.10 Å². The Morgan fingerprint density at radius 1 is 1.00 bits per heavy atom. The van der Waals surface area contributed by atoms with Crippen LogP contribution in [0.4, 0.5) is 30.6 Å². The van der Waals surface area contributed by atoms with Gasteiger partial charge in [-0.25, -0.2) is 9.99 Å². The van der Waals surface area contributed by atoms with Crippen LogP contribution in [0.2, 0.25) is 0 Å². The average Bonchev–Trinajstić information content (AvgIpc) is 3.60. The molecule has 1 saturated heterocycles. The van der Waals surface area contributed by atoms with Crippen molar-refractivity contribution in [3.63, 3.8) is 0 Å². The number of anilines is 3. The number of thiophene rings is 1. The molecule has 39 heavy (non-hydrogen) atoms. The lowest BCUT2D eigenvalue weighted by molar-refractivity contribution is -0.138. The molecule has 2 aliphatic heterocycles. The minimum absolute atomic E-state index is 0.0232. The van der Waals surface area contributed by atoms with Gasteiger partial charge >= 0.3 is 6.18 Å². The highest BCUT2D eigenvalue weighted by atomic mass is 32.1. The normalized spacial score (nSPS) is 18.8. The third-order valence-electron chi connectivity index (χ3n) is 7.18. The van der Waals surface area contributed by atoms with Gasteiger partial charge in [0.05, 0.1) is 21.8 Å². The highest BCUT2D eigenvalue weighted by molar-refractivity contribution is 7.17. The lowest BCUT2D eigenvalue weighted by Crippen LogP contribution is -2.44. The number of likely N-dealkylation sites (N-methyl/N-ethyl adjacent to an activating group) is 1. The van der Waals surface area contributed by atoms with Crippen LogP contribution in [0.15, 0.2) is 65.1 Å². The van der Waals surface area contributed by atoms with Crippen LogP contribution in [-0.4, -0.2) is 59.2 Å². The highest BCUT2D eigenvalue weighted by Gasteiger charge is 2.34. The Balaban J connectivity index is 1.30. The molecule has 1 unspecified atom stereocenters. The van der Waals surface area contributed by atoms with E-state index in [1.54, 1.807) is 12.1 Å². The standard InChI is InChI=1S/C28H28F3N7S/c1-36-12-14-37(15-13-36)18-20-7-8-21(17-22(20)28(29,30)31)33-27-34-23-10-16-39-25(23)26(35-27)38-24(9-11-32-38)19-5-3-2-4-6-19/h2-8,10-11,16-17,24H,9,12-15,18H2,1H3,(H,33,34,35). The topological polar surface area (TPSA) is 59.9 Å². The van der Waals surface area contributed by atoms with Crippen molar-refractivity contribution in [1.82, 2.24) is 19.8 Å². The fraction of sp³-hybridized carbons (Fsp3) is 0.321. The predicted molar refractivity (Wildman–Crippen MR) is 150 cm³/mol. The molecule has 202 valence electrons. The van der Waals surface area contributed by atoms with Crippen molar-refractivity contribution in [2.45, 2.75) is 25.2 Å². The van der Waals surface area contributed by atoms with Crippen molar-refractivity contribution in [3.05, 3.63) is 76.7 Å². The molecule has 1 atom stereocenters. The number of aromatic nitrogens is 2. The fourth-order valence-electron chi connectivity index (χ4n) is 5.06. The maximum atomic E-state index is 14.1. The van der Waals surface area contributed by atoms with E-state index in [9.17, 15) is 13.2 Å². The molecule has 1 fully saturated rings. The van der Waals surface area contributed by atoms with E-state index in [0.717, 1.165) is 48.9 Å². The van der Waals surface area contributed by atoms with Gasteiger partial charge in [0.2, 0.25) is 5.95 Å². The number of halogens is 3. The Kier molecular flexibility index (Phi) is 6.96.